The zero-order valence-corrected chi connectivity index (χ0v) is 16.4. The van der Waals surface area contributed by atoms with E-state index in [2.05, 4.69) is 10.4 Å². The van der Waals surface area contributed by atoms with E-state index in [1.165, 1.54) is 16.2 Å². The maximum absolute atomic E-state index is 12.5. The lowest BCUT2D eigenvalue weighted by Crippen LogP contribution is -2.17. The Labute approximate surface area is 157 Å². The normalized spacial score (nSPS) is 13.3. The maximum Gasteiger partial charge on any atom is 0.341 e. The van der Waals surface area contributed by atoms with Crippen LogP contribution < -0.4 is 5.32 Å². The van der Waals surface area contributed by atoms with Crippen molar-refractivity contribution in [3.8, 4) is 0 Å². The van der Waals surface area contributed by atoms with Gasteiger partial charge >= 0.3 is 5.97 Å². The molecule has 2 heterocycles. The van der Waals surface area contributed by atoms with Crippen LogP contribution >= 0.6 is 11.3 Å². The number of aryl methyl sites for hydroxylation is 4. The molecule has 1 N–H and O–H groups in total. The van der Waals surface area contributed by atoms with Gasteiger partial charge in [0.2, 0.25) is 5.91 Å². The number of carbonyl (C=O) groups is 2. The van der Waals surface area contributed by atoms with E-state index in [-0.39, 0.29) is 11.9 Å². The van der Waals surface area contributed by atoms with Gasteiger partial charge in [-0.3, -0.25) is 9.48 Å². The lowest BCUT2D eigenvalue weighted by molar-refractivity contribution is -0.116. The number of thiophene rings is 1. The van der Waals surface area contributed by atoms with E-state index >= 15 is 0 Å². The SMILES string of the molecule is CCOC(=O)c1c(NC(=O)CCn2nc(C)cc2C)sc2c1CCCC2. The van der Waals surface area contributed by atoms with Crippen LogP contribution in [0.15, 0.2) is 6.07 Å². The van der Waals surface area contributed by atoms with E-state index in [0.717, 1.165) is 42.6 Å². The van der Waals surface area contributed by atoms with Crippen molar-refractivity contribution >= 4 is 28.2 Å². The molecule has 26 heavy (non-hydrogen) atoms. The summed E-state index contributed by atoms with van der Waals surface area (Å²) in [6.07, 6.45) is 4.35. The summed E-state index contributed by atoms with van der Waals surface area (Å²) in [5.41, 5.74) is 3.60. The van der Waals surface area contributed by atoms with E-state index in [1.54, 1.807) is 6.92 Å². The molecule has 140 valence electrons. The van der Waals surface area contributed by atoms with Crippen LogP contribution in [0.4, 0.5) is 5.00 Å². The molecule has 2 aromatic rings. The molecule has 6 nitrogen and oxygen atoms in total. The molecule has 1 amide bonds. The van der Waals surface area contributed by atoms with Gasteiger partial charge in [-0.15, -0.1) is 11.3 Å². The topological polar surface area (TPSA) is 73.2 Å². The highest BCUT2D eigenvalue weighted by atomic mass is 32.1. The molecular formula is C19H25N3O3S. The smallest absolute Gasteiger partial charge is 0.341 e. The predicted octanol–water partition coefficient (Wildman–Crippen LogP) is 3.65. The molecule has 0 radical (unpaired) electrons. The summed E-state index contributed by atoms with van der Waals surface area (Å²) in [7, 11) is 0. The van der Waals surface area contributed by atoms with Crippen LogP contribution in [0.5, 0.6) is 0 Å². The Balaban J connectivity index is 1.73. The second-order valence-corrected chi connectivity index (χ2v) is 7.69. The van der Waals surface area contributed by atoms with Crippen molar-refractivity contribution < 1.29 is 14.3 Å². The molecule has 0 saturated heterocycles. The van der Waals surface area contributed by atoms with E-state index in [0.29, 0.717) is 30.1 Å². The fraction of sp³-hybridized carbons (Fsp3) is 0.526. The zero-order valence-electron chi connectivity index (χ0n) is 15.6. The zero-order chi connectivity index (χ0) is 18.7. The van der Waals surface area contributed by atoms with Crippen LogP contribution in [0.2, 0.25) is 0 Å². The third kappa shape index (κ3) is 3.98. The van der Waals surface area contributed by atoms with Crippen LogP contribution in [0, 0.1) is 13.8 Å². The van der Waals surface area contributed by atoms with Gasteiger partial charge in [-0.1, -0.05) is 0 Å². The molecule has 0 unspecified atom stereocenters. The number of amides is 1. The average molecular weight is 375 g/mol. The summed E-state index contributed by atoms with van der Waals surface area (Å²) in [6, 6.07) is 1.99. The minimum absolute atomic E-state index is 0.110. The van der Waals surface area contributed by atoms with Crippen molar-refractivity contribution in [2.75, 3.05) is 11.9 Å². The maximum atomic E-state index is 12.5. The Morgan fingerprint density at radius 2 is 2.08 bits per heavy atom. The summed E-state index contributed by atoms with van der Waals surface area (Å²) >= 11 is 1.52. The molecule has 0 bridgehead atoms. The molecular weight excluding hydrogens is 350 g/mol. The van der Waals surface area contributed by atoms with Gasteiger partial charge in [0.1, 0.15) is 5.00 Å². The molecule has 7 heteroatoms. The largest absolute Gasteiger partial charge is 0.462 e. The van der Waals surface area contributed by atoms with Gasteiger partial charge in [-0.2, -0.15) is 5.10 Å². The van der Waals surface area contributed by atoms with Gasteiger partial charge in [-0.05, 0) is 58.1 Å². The summed E-state index contributed by atoms with van der Waals surface area (Å²) < 4.78 is 7.06. The van der Waals surface area contributed by atoms with Crippen molar-refractivity contribution in [3.05, 3.63) is 33.5 Å². The van der Waals surface area contributed by atoms with Crippen molar-refractivity contribution in [2.45, 2.75) is 59.4 Å². The van der Waals surface area contributed by atoms with Crippen LogP contribution in [-0.4, -0.2) is 28.3 Å². The summed E-state index contributed by atoms with van der Waals surface area (Å²) in [4.78, 5) is 26.1. The first-order valence-corrected chi connectivity index (χ1v) is 9.93. The van der Waals surface area contributed by atoms with Gasteiger partial charge < -0.3 is 10.1 Å². The summed E-state index contributed by atoms with van der Waals surface area (Å²) in [5, 5.41) is 7.95. The highest BCUT2D eigenvalue weighted by Gasteiger charge is 2.27. The number of carbonyl (C=O) groups excluding carboxylic acids is 2. The predicted molar refractivity (Wildman–Crippen MR) is 102 cm³/mol. The summed E-state index contributed by atoms with van der Waals surface area (Å²) in [6.45, 7) is 6.55. The Hall–Kier alpha value is -2.15. The third-order valence-corrected chi connectivity index (χ3v) is 5.77. The number of rotatable bonds is 6. The average Bonchev–Trinajstić information content (AvgIpc) is 3.11. The van der Waals surface area contributed by atoms with Gasteiger partial charge in [0.25, 0.3) is 0 Å². The number of anilines is 1. The van der Waals surface area contributed by atoms with E-state index in [9.17, 15) is 9.59 Å². The number of hydrogen-bond acceptors (Lipinski definition) is 5. The Kier molecular flexibility index (Phi) is 5.76. The van der Waals surface area contributed by atoms with Crippen LogP contribution in [0.3, 0.4) is 0 Å². The number of aromatic nitrogens is 2. The number of nitrogens with one attached hydrogen (secondary N) is 1. The van der Waals surface area contributed by atoms with Gasteiger partial charge in [-0.25, -0.2) is 4.79 Å². The van der Waals surface area contributed by atoms with Crippen LogP contribution in [-0.2, 0) is 28.9 Å². The standard InChI is InChI=1S/C19H25N3O3S/c1-4-25-19(24)17-14-7-5-6-8-15(14)26-18(17)20-16(23)9-10-22-13(3)11-12(2)21-22/h11H,4-10H2,1-3H3,(H,20,23). The number of esters is 1. The van der Waals surface area contributed by atoms with Gasteiger partial charge in [0, 0.05) is 23.5 Å². The lowest BCUT2D eigenvalue weighted by atomic mass is 9.95. The van der Waals surface area contributed by atoms with Crippen molar-refractivity contribution in [1.29, 1.82) is 0 Å². The van der Waals surface area contributed by atoms with Crippen molar-refractivity contribution in [3.63, 3.8) is 0 Å². The van der Waals surface area contributed by atoms with E-state index in [4.69, 9.17) is 4.74 Å². The third-order valence-electron chi connectivity index (χ3n) is 4.56. The fourth-order valence-electron chi connectivity index (χ4n) is 3.37. The fourth-order valence-corrected chi connectivity index (χ4v) is 4.66. The molecule has 0 saturated carbocycles. The number of ether oxygens (including phenoxy) is 1. The van der Waals surface area contributed by atoms with Gasteiger partial charge in [0.05, 0.1) is 17.9 Å². The molecule has 3 rings (SSSR count). The molecule has 0 aromatic carbocycles. The molecule has 0 aliphatic heterocycles. The summed E-state index contributed by atoms with van der Waals surface area (Å²) in [5.74, 6) is -0.442. The second-order valence-electron chi connectivity index (χ2n) is 6.58. The first-order chi connectivity index (χ1) is 12.5. The van der Waals surface area contributed by atoms with Crippen LogP contribution in [0.25, 0.3) is 0 Å². The molecule has 0 fully saturated rings. The number of fused-ring (bicyclic) bond motifs is 1. The quantitative estimate of drug-likeness (QED) is 0.782. The minimum atomic E-state index is -0.333. The highest BCUT2D eigenvalue weighted by molar-refractivity contribution is 7.17. The first-order valence-electron chi connectivity index (χ1n) is 9.12. The van der Waals surface area contributed by atoms with Crippen molar-refractivity contribution in [1.82, 2.24) is 9.78 Å². The molecule has 1 aliphatic rings. The van der Waals surface area contributed by atoms with Gasteiger partial charge in [0.15, 0.2) is 0 Å². The van der Waals surface area contributed by atoms with Crippen LogP contribution in [0.1, 0.15) is 58.4 Å². The van der Waals surface area contributed by atoms with E-state index in [1.807, 2.05) is 24.6 Å². The highest BCUT2D eigenvalue weighted by Crippen LogP contribution is 2.38. The Morgan fingerprint density at radius 3 is 2.77 bits per heavy atom. The molecule has 2 aromatic heterocycles. The number of hydrogen-bond donors (Lipinski definition) is 1. The lowest BCUT2D eigenvalue weighted by Gasteiger charge is -2.12. The second kappa shape index (κ2) is 8.03. The first kappa shape index (κ1) is 18.6. The van der Waals surface area contributed by atoms with E-state index < -0.39 is 0 Å². The van der Waals surface area contributed by atoms with Crippen molar-refractivity contribution in [2.24, 2.45) is 0 Å². The number of nitrogens with zero attached hydrogens (tertiary/aromatic N) is 2. The molecule has 1 aliphatic carbocycles. The Bertz CT molecular complexity index is 822. The molecule has 0 atom stereocenters. The molecule has 0 spiro atoms. The minimum Gasteiger partial charge on any atom is -0.462 e. The Morgan fingerprint density at radius 1 is 1.31 bits per heavy atom. The monoisotopic (exact) mass is 375 g/mol.